The number of halogens is 1. The first kappa shape index (κ1) is 15.5. The lowest BCUT2D eigenvalue weighted by atomic mass is 9.61. The Bertz CT molecular complexity index is 366. The van der Waals surface area contributed by atoms with Crippen LogP contribution in [0.15, 0.2) is 0 Å². The van der Waals surface area contributed by atoms with Crippen LogP contribution in [-0.2, 0) is 14.4 Å². The Morgan fingerprint density at radius 3 is 2.65 bits per heavy atom. The molecule has 0 spiro atoms. The van der Waals surface area contributed by atoms with Crippen molar-refractivity contribution in [1.82, 2.24) is 0 Å². The quantitative estimate of drug-likeness (QED) is 0.315. The van der Waals surface area contributed by atoms with Gasteiger partial charge in [-0.15, -0.1) is 0 Å². The number of hydrogen-bond acceptors (Lipinski definition) is 4. The molecule has 0 amide bonds. The van der Waals surface area contributed by atoms with Gasteiger partial charge in [-0.1, -0.05) is 42.9 Å². The highest BCUT2D eigenvalue weighted by atomic mass is 127. The first-order valence-corrected chi connectivity index (χ1v) is 8.99. The predicted octanol–water partition coefficient (Wildman–Crippen LogP) is 4.03. The Hall–Kier alpha value is 0.570. The summed E-state index contributed by atoms with van der Waals surface area (Å²) >= 11 is 2.38. The summed E-state index contributed by atoms with van der Waals surface area (Å²) in [6.07, 6.45) is 4.08. The molecule has 116 valence electrons. The maximum absolute atomic E-state index is 9.21. The summed E-state index contributed by atoms with van der Waals surface area (Å²) in [6, 6.07) is 0. The van der Waals surface area contributed by atoms with E-state index in [1.165, 1.54) is 12.8 Å². The first-order valence-electron chi connectivity index (χ1n) is 7.75. The van der Waals surface area contributed by atoms with Crippen LogP contribution in [-0.4, -0.2) is 21.4 Å². The van der Waals surface area contributed by atoms with Gasteiger partial charge in [-0.25, -0.2) is 10.1 Å². The van der Waals surface area contributed by atoms with Gasteiger partial charge >= 0.3 is 0 Å². The number of ether oxygens (including phenoxy) is 2. The van der Waals surface area contributed by atoms with Crippen molar-refractivity contribution in [3.8, 4) is 0 Å². The van der Waals surface area contributed by atoms with Crippen molar-refractivity contribution in [2.75, 3.05) is 0 Å². The minimum atomic E-state index is -0.927. The van der Waals surface area contributed by atoms with Crippen LogP contribution in [0, 0.1) is 29.6 Å². The average Bonchev–Trinajstić information content (AvgIpc) is 2.57. The molecule has 0 radical (unpaired) electrons. The summed E-state index contributed by atoms with van der Waals surface area (Å²) in [5.41, 5.74) is 0. The lowest BCUT2D eigenvalue weighted by Gasteiger charge is -2.51. The zero-order valence-electron chi connectivity index (χ0n) is 12.4. The van der Waals surface area contributed by atoms with Gasteiger partial charge in [0.05, 0.1) is 0 Å². The molecule has 1 aliphatic carbocycles. The zero-order chi connectivity index (χ0) is 14.5. The maximum atomic E-state index is 9.21. The Balaban J connectivity index is 1.92. The van der Waals surface area contributed by atoms with Crippen LogP contribution in [0.2, 0.25) is 0 Å². The molecule has 3 rings (SSSR count). The van der Waals surface area contributed by atoms with E-state index in [-0.39, 0.29) is 10.4 Å². The zero-order valence-corrected chi connectivity index (χ0v) is 14.6. The molecule has 0 aromatic heterocycles. The highest BCUT2D eigenvalue weighted by molar-refractivity contribution is 14.1. The van der Waals surface area contributed by atoms with Gasteiger partial charge in [-0.3, -0.25) is 0 Å². The van der Waals surface area contributed by atoms with Crippen molar-refractivity contribution in [3.63, 3.8) is 0 Å². The third-order valence-electron chi connectivity index (χ3n) is 5.83. The van der Waals surface area contributed by atoms with Crippen molar-refractivity contribution < 1.29 is 19.6 Å². The average molecular weight is 396 g/mol. The highest BCUT2D eigenvalue weighted by Crippen LogP contribution is 2.54. The van der Waals surface area contributed by atoms with Gasteiger partial charge < -0.3 is 9.47 Å². The molecule has 3 aliphatic rings. The summed E-state index contributed by atoms with van der Waals surface area (Å²) in [7, 11) is 0. The van der Waals surface area contributed by atoms with Crippen LogP contribution in [0.25, 0.3) is 0 Å². The maximum Gasteiger partial charge on any atom is 0.201 e. The lowest BCUT2D eigenvalue weighted by molar-refractivity contribution is -0.431. The third-order valence-corrected chi connectivity index (χ3v) is 7.26. The van der Waals surface area contributed by atoms with E-state index in [0.717, 1.165) is 12.8 Å². The first-order chi connectivity index (χ1) is 9.45. The van der Waals surface area contributed by atoms with Crippen LogP contribution >= 0.6 is 22.6 Å². The Kier molecular flexibility index (Phi) is 4.37. The highest BCUT2D eigenvalue weighted by Gasteiger charge is 2.54. The topological polar surface area (TPSA) is 47.9 Å². The van der Waals surface area contributed by atoms with Crippen molar-refractivity contribution in [2.45, 2.75) is 62.6 Å². The van der Waals surface area contributed by atoms with Crippen LogP contribution in [0.4, 0.5) is 0 Å². The second-order valence-corrected chi connectivity index (χ2v) is 8.28. The second kappa shape index (κ2) is 5.65. The Morgan fingerprint density at radius 1 is 1.20 bits per heavy atom. The SMILES string of the molecule is C[C@H]1C(I)O[C@@H]2O[C@](C)(OO)CC[C@@H]3C2C1CC[C@H]3C. The molecule has 8 atom stereocenters. The largest absolute Gasteiger partial charge is 0.338 e. The smallest absolute Gasteiger partial charge is 0.201 e. The Morgan fingerprint density at radius 2 is 1.95 bits per heavy atom. The fourth-order valence-corrected chi connectivity index (χ4v) is 5.32. The van der Waals surface area contributed by atoms with E-state index in [1.807, 2.05) is 6.92 Å². The summed E-state index contributed by atoms with van der Waals surface area (Å²) < 4.78 is 12.4. The number of alkyl halides is 1. The third kappa shape index (κ3) is 2.53. The predicted molar refractivity (Wildman–Crippen MR) is 83.2 cm³/mol. The van der Waals surface area contributed by atoms with Crippen LogP contribution < -0.4 is 0 Å². The number of rotatable bonds is 1. The van der Waals surface area contributed by atoms with Crippen LogP contribution in [0.3, 0.4) is 0 Å². The summed E-state index contributed by atoms with van der Waals surface area (Å²) in [4.78, 5) is 4.65. The molecule has 20 heavy (non-hydrogen) atoms. The van der Waals surface area contributed by atoms with E-state index in [4.69, 9.17) is 9.47 Å². The molecule has 3 fully saturated rings. The molecule has 4 nitrogen and oxygen atoms in total. The lowest BCUT2D eigenvalue weighted by Crippen LogP contribution is -2.52. The van der Waals surface area contributed by atoms with Crippen molar-refractivity contribution >= 4 is 22.6 Å². The van der Waals surface area contributed by atoms with Crippen molar-refractivity contribution in [2.24, 2.45) is 29.6 Å². The van der Waals surface area contributed by atoms with E-state index in [9.17, 15) is 5.26 Å². The fourth-order valence-electron chi connectivity index (χ4n) is 4.50. The van der Waals surface area contributed by atoms with Gasteiger partial charge in [0.2, 0.25) is 5.79 Å². The molecule has 1 N–H and O–H groups in total. The summed E-state index contributed by atoms with van der Waals surface area (Å²) in [5.74, 6) is 2.06. The Labute approximate surface area is 134 Å². The number of hydrogen-bond donors (Lipinski definition) is 1. The summed E-state index contributed by atoms with van der Waals surface area (Å²) in [6.45, 7) is 6.46. The summed E-state index contributed by atoms with van der Waals surface area (Å²) in [5, 5.41) is 9.21. The van der Waals surface area contributed by atoms with Crippen LogP contribution in [0.5, 0.6) is 0 Å². The van der Waals surface area contributed by atoms with Gasteiger partial charge in [-0.05, 0) is 43.4 Å². The van der Waals surface area contributed by atoms with E-state index >= 15 is 0 Å². The molecule has 0 aromatic carbocycles. The van der Waals surface area contributed by atoms with Gasteiger partial charge in [-0.2, -0.15) is 0 Å². The molecule has 1 saturated carbocycles. The van der Waals surface area contributed by atoms with Gasteiger partial charge in [0.15, 0.2) is 6.29 Å². The molecule has 2 aliphatic heterocycles. The molecular formula is C15H25IO4. The molecule has 0 aromatic rings. The van der Waals surface area contributed by atoms with Crippen molar-refractivity contribution in [3.05, 3.63) is 0 Å². The van der Waals surface area contributed by atoms with E-state index in [2.05, 4.69) is 41.3 Å². The van der Waals surface area contributed by atoms with E-state index < -0.39 is 5.79 Å². The van der Waals surface area contributed by atoms with Crippen molar-refractivity contribution in [1.29, 1.82) is 0 Å². The van der Waals surface area contributed by atoms with Crippen LogP contribution in [0.1, 0.15) is 46.5 Å². The van der Waals surface area contributed by atoms with Gasteiger partial charge in [0, 0.05) is 12.3 Å². The van der Waals surface area contributed by atoms with Gasteiger partial charge in [0.1, 0.15) is 4.11 Å². The molecule has 5 heteroatoms. The fraction of sp³-hybridized carbons (Fsp3) is 1.00. The molecule has 2 heterocycles. The molecule has 2 saturated heterocycles. The normalized spacial score (nSPS) is 56.0. The second-order valence-electron chi connectivity index (χ2n) is 7.06. The molecular weight excluding hydrogens is 371 g/mol. The van der Waals surface area contributed by atoms with E-state index in [0.29, 0.717) is 29.6 Å². The standard InChI is InChI=1S/C15H25IO4/c1-8-4-5-11-9(2)13(16)18-14-12(11)10(8)6-7-15(3,19-14)20-17/h8-14,17H,4-7H2,1-3H3/t8-,9-,10+,11?,12?,13?,14-,15-/m1/s1. The molecule has 0 bridgehead atoms. The minimum absolute atomic E-state index is 0.175. The van der Waals surface area contributed by atoms with E-state index in [1.54, 1.807) is 0 Å². The van der Waals surface area contributed by atoms with Gasteiger partial charge in [0.25, 0.3) is 0 Å². The monoisotopic (exact) mass is 396 g/mol. The molecule has 3 unspecified atom stereocenters. The minimum Gasteiger partial charge on any atom is -0.338 e.